The fourth-order valence-corrected chi connectivity index (χ4v) is 2.74. The van der Waals surface area contributed by atoms with Crippen LogP contribution in [0.15, 0.2) is 30.3 Å². The molecule has 3 nitrogen and oxygen atoms in total. The third-order valence-corrected chi connectivity index (χ3v) is 3.63. The van der Waals surface area contributed by atoms with Gasteiger partial charge in [-0.3, -0.25) is 4.79 Å². The fourth-order valence-electron chi connectivity index (χ4n) is 2.74. The average Bonchev–Trinajstić information content (AvgIpc) is 2.38. The lowest BCUT2D eigenvalue weighted by atomic mass is 9.88. The van der Waals surface area contributed by atoms with Crippen LogP contribution in [0.1, 0.15) is 37.0 Å². The predicted octanol–water partition coefficient (Wildman–Crippen LogP) is 2.35. The molecule has 1 fully saturated rings. The average molecular weight is 261 g/mol. The molecule has 0 amide bonds. The van der Waals surface area contributed by atoms with E-state index in [1.54, 1.807) is 0 Å². The lowest BCUT2D eigenvalue weighted by molar-refractivity contribution is 0.0247. The van der Waals surface area contributed by atoms with Gasteiger partial charge in [-0.25, -0.2) is 0 Å². The molecule has 1 aromatic rings. The first-order valence-corrected chi connectivity index (χ1v) is 7.00. The van der Waals surface area contributed by atoms with Crippen LogP contribution in [0, 0.1) is 5.92 Å². The Morgan fingerprint density at radius 2 is 1.84 bits per heavy atom. The molecule has 0 spiro atoms. The standard InChI is InChI=1S/C16H23NO2/c1-16(2,19)12-17-10-8-14(9-11-17)15(18)13-6-4-3-5-7-13/h3-7,14,19H,8-12H2,1-2H3. The largest absolute Gasteiger partial charge is 0.389 e. The fraction of sp³-hybridized carbons (Fsp3) is 0.562. The minimum Gasteiger partial charge on any atom is -0.389 e. The molecule has 0 aliphatic carbocycles. The number of hydrogen-bond donors (Lipinski definition) is 1. The van der Waals surface area contributed by atoms with Gasteiger partial charge in [0.1, 0.15) is 0 Å². The maximum Gasteiger partial charge on any atom is 0.166 e. The van der Waals surface area contributed by atoms with Crippen molar-refractivity contribution in [3.63, 3.8) is 0 Å². The summed E-state index contributed by atoms with van der Waals surface area (Å²) in [6.07, 6.45) is 1.79. The smallest absolute Gasteiger partial charge is 0.166 e. The zero-order valence-corrected chi connectivity index (χ0v) is 11.8. The highest BCUT2D eigenvalue weighted by Crippen LogP contribution is 2.22. The van der Waals surface area contributed by atoms with E-state index in [1.807, 2.05) is 44.2 Å². The Balaban J connectivity index is 1.88. The predicted molar refractivity (Wildman–Crippen MR) is 76.2 cm³/mol. The molecule has 1 heterocycles. The Morgan fingerprint density at radius 3 is 2.37 bits per heavy atom. The van der Waals surface area contributed by atoms with E-state index in [9.17, 15) is 9.90 Å². The number of benzene rings is 1. The van der Waals surface area contributed by atoms with E-state index in [0.717, 1.165) is 31.5 Å². The van der Waals surface area contributed by atoms with Gasteiger partial charge in [-0.1, -0.05) is 30.3 Å². The zero-order valence-electron chi connectivity index (χ0n) is 11.8. The second-order valence-electron chi connectivity index (χ2n) is 6.09. The van der Waals surface area contributed by atoms with E-state index in [4.69, 9.17) is 0 Å². The summed E-state index contributed by atoms with van der Waals surface area (Å²) in [7, 11) is 0. The topological polar surface area (TPSA) is 40.5 Å². The molecular weight excluding hydrogens is 238 g/mol. The minimum absolute atomic E-state index is 0.139. The van der Waals surface area contributed by atoms with Crippen molar-refractivity contribution in [3.8, 4) is 0 Å². The van der Waals surface area contributed by atoms with Crippen molar-refractivity contribution in [2.24, 2.45) is 5.92 Å². The number of nitrogens with zero attached hydrogens (tertiary/aromatic N) is 1. The summed E-state index contributed by atoms with van der Waals surface area (Å²) < 4.78 is 0. The molecule has 0 atom stereocenters. The highest BCUT2D eigenvalue weighted by molar-refractivity contribution is 5.97. The number of piperidine rings is 1. The van der Waals surface area contributed by atoms with Crippen molar-refractivity contribution in [1.82, 2.24) is 4.90 Å². The van der Waals surface area contributed by atoms with Gasteiger partial charge in [0.05, 0.1) is 5.60 Å². The molecule has 1 aromatic carbocycles. The molecule has 0 radical (unpaired) electrons. The number of carbonyl (C=O) groups is 1. The number of Topliss-reactive ketones (excluding diaryl/α,β-unsaturated/α-hetero) is 1. The summed E-state index contributed by atoms with van der Waals surface area (Å²) in [4.78, 5) is 14.6. The third kappa shape index (κ3) is 4.15. The third-order valence-electron chi connectivity index (χ3n) is 3.63. The quantitative estimate of drug-likeness (QED) is 0.846. The van der Waals surface area contributed by atoms with Crippen LogP contribution in [0.4, 0.5) is 0 Å². The van der Waals surface area contributed by atoms with Crippen molar-refractivity contribution in [2.75, 3.05) is 19.6 Å². The first-order chi connectivity index (χ1) is 8.96. The Hall–Kier alpha value is -1.19. The molecule has 0 aromatic heterocycles. The van der Waals surface area contributed by atoms with Gasteiger partial charge < -0.3 is 10.0 Å². The molecule has 0 bridgehead atoms. The Morgan fingerprint density at radius 1 is 1.26 bits per heavy atom. The maximum absolute atomic E-state index is 12.3. The molecule has 1 N–H and O–H groups in total. The van der Waals surface area contributed by atoms with E-state index >= 15 is 0 Å². The van der Waals surface area contributed by atoms with Gasteiger partial charge in [0.2, 0.25) is 0 Å². The van der Waals surface area contributed by atoms with Crippen molar-refractivity contribution < 1.29 is 9.90 Å². The van der Waals surface area contributed by atoms with Crippen LogP contribution in [0.25, 0.3) is 0 Å². The summed E-state index contributed by atoms with van der Waals surface area (Å²) in [5.41, 5.74) is 0.166. The summed E-state index contributed by atoms with van der Waals surface area (Å²) >= 11 is 0. The Labute approximate surface area is 115 Å². The van der Waals surface area contributed by atoms with Crippen LogP contribution in [0.3, 0.4) is 0 Å². The lowest BCUT2D eigenvalue weighted by Gasteiger charge is -2.34. The van der Waals surface area contributed by atoms with E-state index in [-0.39, 0.29) is 11.7 Å². The molecule has 0 saturated carbocycles. The van der Waals surface area contributed by atoms with Crippen LogP contribution < -0.4 is 0 Å². The summed E-state index contributed by atoms with van der Waals surface area (Å²) in [5, 5.41) is 9.81. The molecule has 2 rings (SSSR count). The minimum atomic E-state index is -0.656. The van der Waals surface area contributed by atoms with Gasteiger partial charge in [-0.15, -0.1) is 0 Å². The van der Waals surface area contributed by atoms with E-state index < -0.39 is 5.60 Å². The number of β-amino-alcohol motifs (C(OH)–C–C–N with tert-alkyl or cyclic N) is 1. The highest BCUT2D eigenvalue weighted by Gasteiger charge is 2.27. The Bertz CT molecular complexity index is 414. The van der Waals surface area contributed by atoms with Crippen molar-refractivity contribution in [1.29, 1.82) is 0 Å². The number of hydrogen-bond acceptors (Lipinski definition) is 3. The summed E-state index contributed by atoms with van der Waals surface area (Å²) in [6.45, 7) is 6.13. The van der Waals surface area contributed by atoms with Crippen LogP contribution in [-0.4, -0.2) is 41.0 Å². The first-order valence-electron chi connectivity index (χ1n) is 7.00. The summed E-state index contributed by atoms with van der Waals surface area (Å²) in [5.74, 6) is 0.406. The number of ketones is 1. The molecule has 1 aliphatic rings. The van der Waals surface area contributed by atoms with Gasteiger partial charge in [0.15, 0.2) is 5.78 Å². The van der Waals surface area contributed by atoms with Gasteiger partial charge >= 0.3 is 0 Å². The van der Waals surface area contributed by atoms with Gasteiger partial charge in [0.25, 0.3) is 0 Å². The van der Waals surface area contributed by atoms with Crippen LogP contribution >= 0.6 is 0 Å². The lowest BCUT2D eigenvalue weighted by Crippen LogP contribution is -2.44. The monoisotopic (exact) mass is 261 g/mol. The Kier molecular flexibility index (Phi) is 4.38. The highest BCUT2D eigenvalue weighted by atomic mass is 16.3. The normalized spacial score (nSPS) is 18.5. The van der Waals surface area contributed by atoms with Gasteiger partial charge in [0, 0.05) is 18.0 Å². The molecule has 19 heavy (non-hydrogen) atoms. The second-order valence-corrected chi connectivity index (χ2v) is 6.09. The van der Waals surface area contributed by atoms with Crippen LogP contribution in [0.5, 0.6) is 0 Å². The van der Waals surface area contributed by atoms with E-state index in [1.165, 1.54) is 0 Å². The molecule has 0 unspecified atom stereocenters. The SMILES string of the molecule is CC(C)(O)CN1CCC(C(=O)c2ccccc2)CC1. The number of aliphatic hydroxyl groups is 1. The van der Waals surface area contributed by atoms with Crippen LogP contribution in [-0.2, 0) is 0 Å². The maximum atomic E-state index is 12.3. The van der Waals surface area contributed by atoms with Crippen molar-refractivity contribution in [3.05, 3.63) is 35.9 Å². The van der Waals surface area contributed by atoms with Gasteiger partial charge in [-0.05, 0) is 39.8 Å². The molecule has 104 valence electrons. The molecule has 1 saturated heterocycles. The van der Waals surface area contributed by atoms with E-state index in [2.05, 4.69) is 4.90 Å². The van der Waals surface area contributed by atoms with Crippen LogP contribution in [0.2, 0.25) is 0 Å². The summed E-state index contributed by atoms with van der Waals surface area (Å²) in [6, 6.07) is 9.55. The van der Waals surface area contributed by atoms with E-state index in [0.29, 0.717) is 6.54 Å². The van der Waals surface area contributed by atoms with Crippen molar-refractivity contribution >= 4 is 5.78 Å². The van der Waals surface area contributed by atoms with Crippen molar-refractivity contribution in [2.45, 2.75) is 32.3 Å². The number of likely N-dealkylation sites (tertiary alicyclic amines) is 1. The molecule has 1 aliphatic heterocycles. The number of carbonyl (C=O) groups excluding carboxylic acids is 1. The molecule has 3 heteroatoms. The molecular formula is C16H23NO2. The zero-order chi connectivity index (χ0) is 13.9. The number of rotatable bonds is 4. The first kappa shape index (κ1) is 14.2. The van der Waals surface area contributed by atoms with Gasteiger partial charge in [-0.2, -0.15) is 0 Å². The second kappa shape index (κ2) is 5.85.